The third-order valence-corrected chi connectivity index (χ3v) is 4.55. The van der Waals surface area contributed by atoms with Crippen molar-refractivity contribution < 1.29 is 23.9 Å². The van der Waals surface area contributed by atoms with Crippen LogP contribution >= 0.6 is 0 Å². The molecule has 1 aromatic carbocycles. The first-order chi connectivity index (χ1) is 14.4. The average Bonchev–Trinajstić information content (AvgIpc) is 2.75. The van der Waals surface area contributed by atoms with Crippen LogP contribution in [0.15, 0.2) is 30.3 Å². The van der Waals surface area contributed by atoms with Gasteiger partial charge in [-0.2, -0.15) is 0 Å². The molecule has 0 aliphatic carbocycles. The van der Waals surface area contributed by atoms with Crippen LogP contribution in [0.4, 0.5) is 4.79 Å². The predicted octanol–water partition coefficient (Wildman–Crippen LogP) is 2.60. The molecular weight excluding hydrogens is 386 g/mol. The van der Waals surface area contributed by atoms with Crippen LogP contribution in [-0.4, -0.2) is 55.7 Å². The van der Waals surface area contributed by atoms with E-state index in [9.17, 15) is 14.4 Å². The summed E-state index contributed by atoms with van der Waals surface area (Å²) in [4.78, 5) is 36.9. The van der Waals surface area contributed by atoms with Crippen molar-refractivity contribution in [3.8, 4) is 0 Å². The van der Waals surface area contributed by atoms with E-state index in [1.165, 1.54) is 0 Å². The Bertz CT molecular complexity index is 639. The molecule has 2 amide bonds. The number of nitrogens with two attached hydrogens (primary N) is 1. The second kappa shape index (κ2) is 15.3. The molecule has 0 aliphatic rings. The van der Waals surface area contributed by atoms with Gasteiger partial charge in [-0.25, -0.2) is 4.79 Å². The van der Waals surface area contributed by atoms with Crippen molar-refractivity contribution in [1.29, 1.82) is 0 Å². The average molecular weight is 422 g/mol. The number of likely N-dealkylation sites (N-methyl/N-ethyl adjacent to an activating group) is 1. The van der Waals surface area contributed by atoms with E-state index < -0.39 is 12.1 Å². The Labute approximate surface area is 179 Å². The zero-order chi connectivity index (χ0) is 22.2. The molecule has 0 heterocycles. The van der Waals surface area contributed by atoms with Crippen molar-refractivity contribution >= 4 is 18.0 Å². The highest BCUT2D eigenvalue weighted by atomic mass is 16.5. The summed E-state index contributed by atoms with van der Waals surface area (Å²) in [5, 5.41) is 2.66. The van der Waals surface area contributed by atoms with Crippen molar-refractivity contribution in [1.82, 2.24) is 10.2 Å². The highest BCUT2D eigenvalue weighted by Crippen LogP contribution is 2.05. The number of unbranched alkanes of at least 4 members (excludes halogenated alkanes) is 2. The van der Waals surface area contributed by atoms with E-state index >= 15 is 0 Å². The first kappa shape index (κ1) is 25.4. The molecule has 1 rings (SSSR count). The number of amides is 2. The summed E-state index contributed by atoms with van der Waals surface area (Å²) >= 11 is 0. The lowest BCUT2D eigenvalue weighted by atomic mass is 10.1. The van der Waals surface area contributed by atoms with Crippen LogP contribution in [0.25, 0.3) is 0 Å². The SMILES string of the molecule is CCOC(=O)CCCCCN(C)C(=O)[C@@H](N)CCCNC(=O)OCc1ccccc1. The summed E-state index contributed by atoms with van der Waals surface area (Å²) in [7, 11) is 1.73. The van der Waals surface area contributed by atoms with E-state index in [-0.39, 0.29) is 18.5 Å². The van der Waals surface area contributed by atoms with E-state index in [0.717, 1.165) is 24.8 Å². The predicted molar refractivity (Wildman–Crippen MR) is 115 cm³/mol. The summed E-state index contributed by atoms with van der Waals surface area (Å²) in [5.41, 5.74) is 6.90. The molecule has 0 spiro atoms. The number of nitrogens with zero attached hydrogens (tertiary/aromatic N) is 1. The summed E-state index contributed by atoms with van der Waals surface area (Å²) < 4.78 is 10.0. The minimum absolute atomic E-state index is 0.118. The van der Waals surface area contributed by atoms with E-state index in [0.29, 0.717) is 39.0 Å². The smallest absolute Gasteiger partial charge is 0.407 e. The monoisotopic (exact) mass is 421 g/mol. The van der Waals surface area contributed by atoms with Gasteiger partial charge in [0, 0.05) is 26.6 Å². The van der Waals surface area contributed by atoms with Crippen LogP contribution in [0.1, 0.15) is 51.0 Å². The van der Waals surface area contributed by atoms with Gasteiger partial charge in [0.15, 0.2) is 0 Å². The van der Waals surface area contributed by atoms with Crippen molar-refractivity contribution in [2.75, 3.05) is 26.7 Å². The standard InChI is InChI=1S/C22H35N3O5/c1-3-29-20(26)14-8-5-9-16-25(2)21(27)19(23)13-10-15-24-22(28)30-17-18-11-6-4-7-12-18/h4,6-7,11-12,19H,3,5,8-10,13-17,23H2,1-2H3,(H,24,28)/t19-/m0/s1. The van der Waals surface area contributed by atoms with E-state index in [4.69, 9.17) is 15.2 Å². The number of hydrogen-bond acceptors (Lipinski definition) is 6. The number of carbonyl (C=O) groups is 3. The Morgan fingerprint density at radius 2 is 1.80 bits per heavy atom. The van der Waals surface area contributed by atoms with Crippen LogP contribution in [0.5, 0.6) is 0 Å². The highest BCUT2D eigenvalue weighted by molar-refractivity contribution is 5.81. The Morgan fingerprint density at radius 1 is 1.07 bits per heavy atom. The highest BCUT2D eigenvalue weighted by Gasteiger charge is 2.17. The fraction of sp³-hybridized carbons (Fsp3) is 0.591. The molecule has 0 bridgehead atoms. The summed E-state index contributed by atoms with van der Waals surface area (Å²) in [6, 6.07) is 8.84. The molecule has 0 saturated heterocycles. The maximum Gasteiger partial charge on any atom is 0.407 e. The lowest BCUT2D eigenvalue weighted by Crippen LogP contribution is -2.42. The fourth-order valence-corrected chi connectivity index (χ4v) is 2.83. The van der Waals surface area contributed by atoms with E-state index in [1.54, 1.807) is 18.9 Å². The van der Waals surface area contributed by atoms with Crippen molar-refractivity contribution in [3.05, 3.63) is 35.9 Å². The van der Waals surface area contributed by atoms with Gasteiger partial charge in [-0.1, -0.05) is 36.8 Å². The Balaban J connectivity index is 2.09. The fourth-order valence-electron chi connectivity index (χ4n) is 2.83. The topological polar surface area (TPSA) is 111 Å². The number of esters is 1. The molecule has 1 atom stereocenters. The first-order valence-electron chi connectivity index (χ1n) is 10.5. The summed E-state index contributed by atoms with van der Waals surface area (Å²) in [6.45, 7) is 3.40. The van der Waals surface area contributed by atoms with Gasteiger partial charge in [0.1, 0.15) is 6.61 Å². The third-order valence-electron chi connectivity index (χ3n) is 4.55. The number of ether oxygens (including phenoxy) is 2. The minimum atomic E-state index is -0.600. The Hall–Kier alpha value is -2.61. The molecule has 30 heavy (non-hydrogen) atoms. The first-order valence-corrected chi connectivity index (χ1v) is 10.5. The van der Waals surface area contributed by atoms with Gasteiger partial charge in [0.2, 0.25) is 5.91 Å². The second-order valence-corrected chi connectivity index (χ2v) is 7.11. The largest absolute Gasteiger partial charge is 0.466 e. The maximum absolute atomic E-state index is 12.3. The van der Waals surface area contributed by atoms with Gasteiger partial charge >= 0.3 is 12.1 Å². The quantitative estimate of drug-likeness (QED) is 0.353. The van der Waals surface area contributed by atoms with Gasteiger partial charge in [-0.3, -0.25) is 9.59 Å². The van der Waals surface area contributed by atoms with Crippen LogP contribution < -0.4 is 11.1 Å². The van der Waals surface area contributed by atoms with Crippen LogP contribution in [0.2, 0.25) is 0 Å². The van der Waals surface area contributed by atoms with E-state index in [1.807, 2.05) is 30.3 Å². The lowest BCUT2D eigenvalue weighted by Gasteiger charge is -2.21. The molecule has 1 aromatic rings. The minimum Gasteiger partial charge on any atom is -0.466 e. The number of carbonyl (C=O) groups excluding carboxylic acids is 3. The molecule has 0 aliphatic heterocycles. The molecule has 0 radical (unpaired) electrons. The zero-order valence-corrected chi connectivity index (χ0v) is 18.1. The molecule has 168 valence electrons. The molecule has 8 nitrogen and oxygen atoms in total. The summed E-state index contributed by atoms with van der Waals surface area (Å²) in [6.07, 6.45) is 3.39. The van der Waals surface area contributed by atoms with Crippen LogP contribution in [0, 0.1) is 0 Å². The Morgan fingerprint density at radius 3 is 2.50 bits per heavy atom. The molecule has 0 saturated carbocycles. The van der Waals surface area contributed by atoms with Crippen LogP contribution in [0.3, 0.4) is 0 Å². The van der Waals surface area contributed by atoms with Crippen LogP contribution in [-0.2, 0) is 25.7 Å². The van der Waals surface area contributed by atoms with Gasteiger partial charge in [0.25, 0.3) is 0 Å². The van der Waals surface area contributed by atoms with Crippen molar-refractivity contribution in [2.24, 2.45) is 5.73 Å². The van der Waals surface area contributed by atoms with Crippen molar-refractivity contribution in [3.63, 3.8) is 0 Å². The van der Waals surface area contributed by atoms with Crippen molar-refractivity contribution in [2.45, 2.75) is 58.1 Å². The molecule has 3 N–H and O–H groups in total. The number of nitrogens with one attached hydrogen (secondary N) is 1. The third kappa shape index (κ3) is 11.4. The molecular formula is C22H35N3O5. The van der Waals surface area contributed by atoms with Gasteiger partial charge < -0.3 is 25.4 Å². The van der Waals surface area contributed by atoms with Gasteiger partial charge in [-0.05, 0) is 38.2 Å². The normalized spacial score (nSPS) is 11.4. The van der Waals surface area contributed by atoms with E-state index in [2.05, 4.69) is 5.32 Å². The van der Waals surface area contributed by atoms with Gasteiger partial charge in [-0.15, -0.1) is 0 Å². The molecule has 0 fully saturated rings. The maximum atomic E-state index is 12.3. The second-order valence-electron chi connectivity index (χ2n) is 7.11. The molecule has 0 unspecified atom stereocenters. The number of hydrogen-bond donors (Lipinski definition) is 2. The summed E-state index contributed by atoms with van der Waals surface area (Å²) in [5.74, 6) is -0.298. The number of rotatable bonds is 14. The lowest BCUT2D eigenvalue weighted by molar-refractivity contribution is -0.143. The Kier molecular flexibility index (Phi) is 12.9. The molecule has 8 heteroatoms. The van der Waals surface area contributed by atoms with Gasteiger partial charge in [0.05, 0.1) is 12.6 Å². The molecule has 0 aromatic heterocycles. The number of benzene rings is 1. The number of alkyl carbamates (subject to hydrolysis) is 1. The zero-order valence-electron chi connectivity index (χ0n) is 18.1.